The minimum atomic E-state index is -0.436. The third-order valence-electron chi connectivity index (χ3n) is 3.09. The molecule has 2 unspecified atom stereocenters. The molecule has 20 heavy (non-hydrogen) atoms. The summed E-state index contributed by atoms with van der Waals surface area (Å²) in [5.74, 6) is -0.747. The van der Waals surface area contributed by atoms with Gasteiger partial charge in [-0.1, -0.05) is 66.2 Å². The minimum absolute atomic E-state index is 0.110. The molecule has 0 aromatic carbocycles. The van der Waals surface area contributed by atoms with Crippen molar-refractivity contribution in [3.05, 3.63) is 47.6 Å². The largest absolute Gasteiger partial charge is 0.285 e. The molecule has 3 heteroatoms. The van der Waals surface area contributed by atoms with E-state index in [4.69, 9.17) is 0 Å². The van der Waals surface area contributed by atoms with E-state index < -0.39 is 11.6 Å². The van der Waals surface area contributed by atoms with Gasteiger partial charge in [0.2, 0.25) is 11.6 Å². The highest BCUT2D eigenvalue weighted by Crippen LogP contribution is 2.25. The molecule has 0 amide bonds. The van der Waals surface area contributed by atoms with E-state index in [1.165, 1.54) is 0 Å². The zero-order chi connectivity index (χ0) is 15.3. The molecule has 0 saturated carbocycles. The Bertz CT molecular complexity index is 519. The summed E-state index contributed by atoms with van der Waals surface area (Å²) in [5, 5.41) is 0. The van der Waals surface area contributed by atoms with Crippen LogP contribution in [-0.4, -0.2) is 15.9 Å². The maximum atomic E-state index is 12.3. The number of carbonyl (C=O) groups excluding carboxylic acids is 2. The zero-order valence-corrected chi connectivity index (χ0v) is 14.0. The van der Waals surface area contributed by atoms with Crippen LogP contribution in [0.15, 0.2) is 47.6 Å². The van der Waals surface area contributed by atoms with Crippen molar-refractivity contribution in [1.29, 1.82) is 0 Å². The van der Waals surface area contributed by atoms with E-state index in [0.29, 0.717) is 11.1 Å². The zero-order valence-electron chi connectivity index (χ0n) is 12.4. The molecule has 1 aliphatic rings. The summed E-state index contributed by atoms with van der Waals surface area (Å²) in [6.07, 6.45) is 12.0. The fourth-order valence-corrected chi connectivity index (χ4v) is 2.19. The Morgan fingerprint density at radius 1 is 1.40 bits per heavy atom. The molecule has 0 aromatic heterocycles. The van der Waals surface area contributed by atoms with Crippen molar-refractivity contribution in [3.63, 3.8) is 0 Å². The van der Waals surface area contributed by atoms with Crippen LogP contribution in [0.1, 0.15) is 34.1 Å². The van der Waals surface area contributed by atoms with Gasteiger partial charge in [0.05, 0.1) is 4.32 Å². The first-order chi connectivity index (χ1) is 9.26. The molecule has 1 rings (SSSR count). The monoisotopic (exact) mass is 336 g/mol. The predicted octanol–water partition coefficient (Wildman–Crippen LogP) is 4.32. The lowest BCUT2D eigenvalue weighted by molar-refractivity contribution is -0.131. The van der Waals surface area contributed by atoms with Crippen LogP contribution in [0, 0.1) is 5.92 Å². The standard InChI is InChI=1S/C17H21BrO2/c1-5-6-13(3)15(19)16(20)14-8-10-17(4,18)9-7-12(2)11-14/h6-12H,5H2,1-4H3/b9-7-,10-8-,13-6+,14-11+. The van der Waals surface area contributed by atoms with Gasteiger partial charge >= 0.3 is 0 Å². The van der Waals surface area contributed by atoms with E-state index in [1.54, 1.807) is 19.1 Å². The minimum Gasteiger partial charge on any atom is -0.285 e. The molecule has 0 N–H and O–H groups in total. The average Bonchev–Trinajstić information content (AvgIpc) is 2.38. The number of carbonyl (C=O) groups is 2. The fourth-order valence-electron chi connectivity index (χ4n) is 1.90. The molecule has 0 aromatic rings. The normalized spacial score (nSPS) is 32.5. The van der Waals surface area contributed by atoms with Gasteiger partial charge in [0.1, 0.15) is 0 Å². The lowest BCUT2D eigenvalue weighted by Gasteiger charge is -2.16. The Morgan fingerprint density at radius 2 is 2.05 bits per heavy atom. The predicted molar refractivity (Wildman–Crippen MR) is 86.9 cm³/mol. The smallest absolute Gasteiger partial charge is 0.232 e. The van der Waals surface area contributed by atoms with Crippen LogP contribution >= 0.6 is 15.9 Å². The van der Waals surface area contributed by atoms with Gasteiger partial charge in [-0.15, -0.1) is 0 Å². The van der Waals surface area contributed by atoms with Gasteiger partial charge in [-0.05, 0) is 31.8 Å². The van der Waals surface area contributed by atoms with Gasteiger partial charge in [-0.2, -0.15) is 0 Å². The molecule has 2 atom stereocenters. The molecule has 2 nitrogen and oxygen atoms in total. The first-order valence-electron chi connectivity index (χ1n) is 6.82. The molecular formula is C17H21BrO2. The van der Waals surface area contributed by atoms with Crippen molar-refractivity contribution in [2.75, 3.05) is 0 Å². The van der Waals surface area contributed by atoms with Gasteiger partial charge in [0.25, 0.3) is 0 Å². The summed E-state index contributed by atoms with van der Waals surface area (Å²) < 4.78 is -0.293. The van der Waals surface area contributed by atoms with E-state index >= 15 is 0 Å². The van der Waals surface area contributed by atoms with Crippen molar-refractivity contribution in [2.24, 2.45) is 5.92 Å². The SMILES string of the molecule is CC/C=C(\C)C(=O)C(=O)C1=C/C(C)/C=C\C(C)(Br)/C=C\1. The number of hydrogen-bond donors (Lipinski definition) is 0. The van der Waals surface area contributed by atoms with Crippen LogP contribution in [0.4, 0.5) is 0 Å². The number of hydrogen-bond acceptors (Lipinski definition) is 2. The molecule has 0 heterocycles. The molecule has 0 saturated heterocycles. The molecule has 1 aliphatic carbocycles. The van der Waals surface area contributed by atoms with Gasteiger partial charge in [-0.3, -0.25) is 9.59 Å². The van der Waals surface area contributed by atoms with Gasteiger partial charge in [-0.25, -0.2) is 0 Å². The average molecular weight is 337 g/mol. The van der Waals surface area contributed by atoms with Crippen LogP contribution < -0.4 is 0 Å². The van der Waals surface area contributed by atoms with E-state index in [2.05, 4.69) is 15.9 Å². The number of allylic oxidation sites excluding steroid dienone is 8. The maximum absolute atomic E-state index is 12.3. The highest BCUT2D eigenvalue weighted by molar-refractivity contribution is 9.10. The number of halogens is 1. The quantitative estimate of drug-likeness (QED) is 0.331. The molecule has 0 fully saturated rings. The molecule has 108 valence electrons. The highest BCUT2D eigenvalue weighted by Gasteiger charge is 2.21. The summed E-state index contributed by atoms with van der Waals surface area (Å²) in [4.78, 5) is 24.4. The summed E-state index contributed by atoms with van der Waals surface area (Å²) in [5.41, 5.74) is 0.972. The van der Waals surface area contributed by atoms with Crippen LogP contribution in [0.3, 0.4) is 0 Å². The Hall–Kier alpha value is -1.22. The Balaban J connectivity index is 3.09. The topological polar surface area (TPSA) is 34.1 Å². The Morgan fingerprint density at radius 3 is 2.65 bits per heavy atom. The first-order valence-corrected chi connectivity index (χ1v) is 7.61. The lowest BCUT2D eigenvalue weighted by atomic mass is 9.94. The van der Waals surface area contributed by atoms with Crippen molar-refractivity contribution in [1.82, 2.24) is 0 Å². The second-order valence-corrected chi connectivity index (χ2v) is 6.99. The van der Waals surface area contributed by atoms with E-state index in [1.807, 2.05) is 45.1 Å². The lowest BCUT2D eigenvalue weighted by Crippen LogP contribution is -2.18. The number of ketones is 2. The second kappa shape index (κ2) is 6.98. The third kappa shape index (κ3) is 4.71. The van der Waals surface area contributed by atoms with E-state index in [0.717, 1.165) is 6.42 Å². The van der Waals surface area contributed by atoms with Crippen molar-refractivity contribution in [3.8, 4) is 0 Å². The molecule has 0 aliphatic heterocycles. The molecule has 0 spiro atoms. The van der Waals surface area contributed by atoms with Crippen LogP contribution in [-0.2, 0) is 9.59 Å². The van der Waals surface area contributed by atoms with Gasteiger partial charge < -0.3 is 0 Å². The van der Waals surface area contributed by atoms with Crippen LogP contribution in [0.2, 0.25) is 0 Å². The summed E-state index contributed by atoms with van der Waals surface area (Å²) in [6.45, 7) is 7.61. The summed E-state index contributed by atoms with van der Waals surface area (Å²) >= 11 is 3.56. The highest BCUT2D eigenvalue weighted by atomic mass is 79.9. The van der Waals surface area contributed by atoms with Crippen molar-refractivity contribution in [2.45, 2.75) is 38.4 Å². The number of rotatable bonds is 4. The third-order valence-corrected chi connectivity index (χ3v) is 3.62. The molecule has 0 radical (unpaired) electrons. The molecular weight excluding hydrogens is 316 g/mol. The van der Waals surface area contributed by atoms with Crippen molar-refractivity contribution < 1.29 is 9.59 Å². The van der Waals surface area contributed by atoms with Crippen molar-refractivity contribution >= 4 is 27.5 Å². The summed E-state index contributed by atoms with van der Waals surface area (Å²) in [6, 6.07) is 0. The van der Waals surface area contributed by atoms with Crippen LogP contribution in [0.25, 0.3) is 0 Å². The van der Waals surface area contributed by atoms with E-state index in [-0.39, 0.29) is 10.2 Å². The first kappa shape index (κ1) is 16.8. The van der Waals surface area contributed by atoms with Crippen LogP contribution in [0.5, 0.6) is 0 Å². The number of alkyl halides is 1. The van der Waals surface area contributed by atoms with Gasteiger partial charge in [0.15, 0.2) is 0 Å². The van der Waals surface area contributed by atoms with E-state index in [9.17, 15) is 9.59 Å². The number of Topliss-reactive ketones (excluding diaryl/α,β-unsaturated/α-hetero) is 2. The summed E-state index contributed by atoms with van der Waals surface area (Å²) in [7, 11) is 0. The Kier molecular flexibility index (Phi) is 5.88. The van der Waals surface area contributed by atoms with Gasteiger partial charge in [0, 0.05) is 5.57 Å². The second-order valence-electron chi connectivity index (χ2n) is 5.28. The Labute approximate surface area is 129 Å². The molecule has 0 bridgehead atoms. The maximum Gasteiger partial charge on any atom is 0.232 e. The fraction of sp³-hybridized carbons (Fsp3) is 0.412.